The third kappa shape index (κ3) is 15.4. The second-order valence-corrected chi connectivity index (χ2v) is 20.2. The van der Waals surface area contributed by atoms with E-state index in [1.54, 1.807) is 39.7 Å². The Morgan fingerprint density at radius 2 is 1.67 bits per heavy atom. The largest absolute Gasteiger partial charge is 0.497 e. The summed E-state index contributed by atoms with van der Waals surface area (Å²) in [6.07, 6.45) is 8.17. The number of sulfonamides is 1. The SMILES string of the molecule is CC(=O)NS(=O)(=O)C1(C)CC1.CC(C)(C)OC(N)=O.COc1ccc2c(O[C@@H]3C[C@H]4C(=O)NC/C=C\CC[C@H](C)C[C@@H](C)CC(=O)N4C3)nc(-c3ccc(OC(C)C)cc3)nc2c1.[HH].[HH].[HH]. The summed E-state index contributed by atoms with van der Waals surface area (Å²) in [6.45, 7) is 17.2. The van der Waals surface area contributed by atoms with Crippen LogP contribution in [-0.2, 0) is 29.1 Å². The predicted molar refractivity (Wildman–Crippen MR) is 248 cm³/mol. The molecule has 4 amide bonds. The van der Waals surface area contributed by atoms with Crippen LogP contribution in [0.15, 0.2) is 54.6 Å². The molecule has 352 valence electrons. The summed E-state index contributed by atoms with van der Waals surface area (Å²) in [5.41, 5.74) is 5.75. The third-order valence-corrected chi connectivity index (χ3v) is 12.8. The molecule has 3 heterocycles. The number of ether oxygens (including phenoxy) is 4. The number of nitrogens with one attached hydrogen (secondary N) is 2. The Kier molecular flexibility index (Phi) is 17.3. The average molecular weight is 901 g/mol. The summed E-state index contributed by atoms with van der Waals surface area (Å²) in [7, 11) is -1.77. The van der Waals surface area contributed by atoms with Gasteiger partial charge in [0.05, 0.1) is 35.4 Å². The minimum atomic E-state index is -3.39. The van der Waals surface area contributed by atoms with Crippen molar-refractivity contribution in [3.8, 4) is 28.8 Å². The Bertz CT molecular complexity index is 2220. The van der Waals surface area contributed by atoms with Gasteiger partial charge in [0.1, 0.15) is 29.2 Å². The molecule has 1 saturated carbocycles. The molecule has 0 spiro atoms. The maximum absolute atomic E-state index is 13.6. The highest BCUT2D eigenvalue weighted by atomic mass is 32.2. The first-order valence-corrected chi connectivity index (χ1v) is 23.0. The van der Waals surface area contributed by atoms with Crippen LogP contribution in [0.25, 0.3) is 22.3 Å². The molecule has 4 atom stereocenters. The molecule has 1 aromatic heterocycles. The van der Waals surface area contributed by atoms with Gasteiger partial charge in [-0.15, -0.1) is 0 Å². The van der Waals surface area contributed by atoms with Gasteiger partial charge in [-0.2, -0.15) is 4.98 Å². The van der Waals surface area contributed by atoms with Crippen LogP contribution >= 0.6 is 0 Å². The van der Waals surface area contributed by atoms with Gasteiger partial charge in [0, 0.05) is 42.2 Å². The normalized spacial score (nSPS) is 21.8. The first kappa shape index (κ1) is 50.2. The standard InChI is InChI=1S/C35H44N4O5.C6H11NO3S.C5H11NO2.3H2/c1-22(2)43-26-12-10-25(11-13-26)33-37-30-19-27(42-5)14-15-29(30)35(38-33)44-28-20-31-34(41)36-16-8-6-7-9-23(3)17-24(4)18-32(40)39(31)21-28;1-5(8)7-11(9,10)6(2)3-4-6;1-5(2,3)8-4(6)7;;;/h6,8,10-15,19,22-24,28,31H,7,9,16-18,20-21H2,1-5H3,(H,36,41);3-4H2,1-2H3,(H,7,8);1-3H3,(H2,6,7);3*1H/b8-6-;;;;;/t23-,24+,28+,31-;;;;;/m0...../s1. The molecule has 0 radical (unpaired) electrons. The highest BCUT2D eigenvalue weighted by Crippen LogP contribution is 2.42. The number of carbonyl (C=O) groups is 4. The lowest BCUT2D eigenvalue weighted by atomic mass is 9.91. The minimum absolute atomic E-state index is 0. The molecule has 4 N–H and O–H groups in total. The molecule has 3 aromatic rings. The Balaban J connectivity index is 0.000000826. The number of amides is 4. The van der Waals surface area contributed by atoms with Gasteiger partial charge in [0.2, 0.25) is 33.6 Å². The molecule has 16 nitrogen and oxygen atoms in total. The number of carbonyl (C=O) groups excluding carboxylic acids is 4. The van der Waals surface area contributed by atoms with E-state index >= 15 is 0 Å². The molecule has 1 aliphatic carbocycles. The van der Waals surface area contributed by atoms with E-state index in [-0.39, 0.29) is 28.1 Å². The van der Waals surface area contributed by atoms with Gasteiger partial charge >= 0.3 is 6.09 Å². The number of allylic oxidation sites excluding steroid dienone is 1. The fourth-order valence-corrected chi connectivity index (χ4v) is 8.43. The van der Waals surface area contributed by atoms with Crippen LogP contribution in [0.5, 0.6) is 17.4 Å². The van der Waals surface area contributed by atoms with Crippen molar-refractivity contribution < 1.29 is 50.8 Å². The van der Waals surface area contributed by atoms with Gasteiger partial charge in [0.15, 0.2) is 5.82 Å². The van der Waals surface area contributed by atoms with E-state index in [0.717, 1.165) is 36.0 Å². The van der Waals surface area contributed by atoms with Gasteiger partial charge in [-0.3, -0.25) is 19.1 Å². The summed E-state index contributed by atoms with van der Waals surface area (Å²) in [6, 6.07) is 12.6. The topological polar surface area (TPSA) is 218 Å². The number of primary amides is 1. The highest BCUT2D eigenvalue weighted by molar-refractivity contribution is 7.91. The number of benzene rings is 2. The lowest BCUT2D eigenvalue weighted by molar-refractivity contribution is -0.139. The summed E-state index contributed by atoms with van der Waals surface area (Å²) in [4.78, 5) is 58.7. The second kappa shape index (κ2) is 21.8. The van der Waals surface area contributed by atoms with Gasteiger partial charge < -0.3 is 34.9 Å². The zero-order valence-corrected chi connectivity index (χ0v) is 39.2. The summed E-state index contributed by atoms with van der Waals surface area (Å²) in [5.74, 6) is 2.42. The van der Waals surface area contributed by atoms with E-state index in [1.807, 2.05) is 67.1 Å². The van der Waals surface area contributed by atoms with Crippen LogP contribution in [0.2, 0.25) is 0 Å². The van der Waals surface area contributed by atoms with Crippen molar-refractivity contribution >= 4 is 44.7 Å². The van der Waals surface area contributed by atoms with E-state index in [0.29, 0.717) is 67.7 Å². The smallest absolute Gasteiger partial charge is 0.405 e. The number of aromatic nitrogens is 2. The summed E-state index contributed by atoms with van der Waals surface area (Å²) >= 11 is 0. The molecule has 3 aliphatic rings. The van der Waals surface area contributed by atoms with Crippen molar-refractivity contribution in [2.75, 3.05) is 20.2 Å². The zero-order chi connectivity index (χ0) is 46.7. The van der Waals surface area contributed by atoms with Crippen molar-refractivity contribution in [3.63, 3.8) is 0 Å². The molecule has 2 aliphatic heterocycles. The third-order valence-electron chi connectivity index (χ3n) is 10.5. The molecule has 0 unspecified atom stereocenters. The Morgan fingerprint density at radius 3 is 2.24 bits per heavy atom. The maximum Gasteiger partial charge on any atom is 0.405 e. The number of nitrogens with two attached hydrogens (primary N) is 1. The Labute approximate surface area is 376 Å². The van der Waals surface area contributed by atoms with Crippen molar-refractivity contribution in [3.05, 3.63) is 54.6 Å². The quantitative estimate of drug-likeness (QED) is 0.186. The van der Waals surface area contributed by atoms with E-state index in [2.05, 4.69) is 30.0 Å². The van der Waals surface area contributed by atoms with E-state index in [1.165, 1.54) is 6.92 Å². The van der Waals surface area contributed by atoms with Gasteiger partial charge in [-0.25, -0.2) is 18.2 Å². The van der Waals surface area contributed by atoms with Gasteiger partial charge in [0.25, 0.3) is 0 Å². The van der Waals surface area contributed by atoms with Crippen LogP contribution in [-0.4, -0.2) is 95.9 Å². The molecular weight excluding hydrogens is 829 g/mol. The second-order valence-electron chi connectivity index (χ2n) is 18.1. The molecular formula is C46H72N6O10S. The van der Waals surface area contributed by atoms with Gasteiger partial charge in [-0.05, 0) is 122 Å². The van der Waals surface area contributed by atoms with Crippen LogP contribution in [0.3, 0.4) is 0 Å². The fraction of sp³-hybridized carbons (Fsp3) is 0.565. The monoisotopic (exact) mass is 901 g/mol. The Hall–Kier alpha value is -5.45. The van der Waals surface area contributed by atoms with Crippen LogP contribution in [0.1, 0.15) is 112 Å². The van der Waals surface area contributed by atoms with E-state index in [4.69, 9.17) is 29.9 Å². The number of rotatable bonds is 8. The van der Waals surface area contributed by atoms with Crippen LogP contribution in [0, 0.1) is 11.8 Å². The van der Waals surface area contributed by atoms with Crippen molar-refractivity contribution in [1.29, 1.82) is 0 Å². The van der Waals surface area contributed by atoms with E-state index in [9.17, 15) is 27.6 Å². The molecule has 6 rings (SSSR count). The van der Waals surface area contributed by atoms with Crippen molar-refractivity contribution in [1.82, 2.24) is 24.9 Å². The Morgan fingerprint density at radius 1 is 1.00 bits per heavy atom. The number of hydrogen-bond acceptors (Lipinski definition) is 12. The van der Waals surface area contributed by atoms with Gasteiger partial charge in [-0.1, -0.05) is 26.0 Å². The predicted octanol–water partition coefficient (Wildman–Crippen LogP) is 7.58. The molecule has 2 aromatic carbocycles. The maximum atomic E-state index is 13.6. The number of hydrogen-bond donors (Lipinski definition) is 3. The molecule has 63 heavy (non-hydrogen) atoms. The molecule has 0 bridgehead atoms. The average Bonchev–Trinajstić information content (AvgIpc) is 3.81. The van der Waals surface area contributed by atoms with Crippen molar-refractivity contribution in [2.45, 2.75) is 136 Å². The molecule has 2 fully saturated rings. The summed E-state index contributed by atoms with van der Waals surface area (Å²) < 4.78 is 46.1. The molecule has 1 saturated heterocycles. The van der Waals surface area contributed by atoms with Crippen LogP contribution in [0.4, 0.5) is 4.79 Å². The number of methoxy groups -OCH3 is 1. The lowest BCUT2D eigenvalue weighted by Gasteiger charge is -2.26. The minimum Gasteiger partial charge on any atom is -0.497 e. The zero-order valence-electron chi connectivity index (χ0n) is 38.4. The molecule has 17 heteroatoms. The summed E-state index contributed by atoms with van der Waals surface area (Å²) in [5, 5.41) is 3.73. The fourth-order valence-electron chi connectivity index (χ4n) is 7.17. The van der Waals surface area contributed by atoms with Crippen LogP contribution < -0.4 is 30.0 Å². The highest BCUT2D eigenvalue weighted by Gasteiger charge is 2.50. The first-order chi connectivity index (χ1) is 29.5. The number of fused-ring (bicyclic) bond motifs is 2. The lowest BCUT2D eigenvalue weighted by Crippen LogP contribution is -2.46. The number of nitrogens with zero attached hydrogens (tertiary/aromatic N) is 3. The van der Waals surface area contributed by atoms with E-state index < -0.39 is 44.5 Å². The van der Waals surface area contributed by atoms with Crippen molar-refractivity contribution in [2.24, 2.45) is 17.6 Å². The first-order valence-electron chi connectivity index (χ1n) is 21.5.